The van der Waals surface area contributed by atoms with Crippen LogP contribution in [0.15, 0.2) is 18.6 Å². The molecule has 6 heteroatoms. The highest BCUT2D eigenvalue weighted by Crippen LogP contribution is 2.23. The quantitative estimate of drug-likeness (QED) is 0.846. The Morgan fingerprint density at radius 3 is 2.69 bits per heavy atom. The lowest BCUT2D eigenvalue weighted by Crippen LogP contribution is -2.49. The second-order valence-electron chi connectivity index (χ2n) is 7.97. The fraction of sp³-hybridized carbons (Fsp3) is 0.650. The van der Waals surface area contributed by atoms with Crippen molar-refractivity contribution in [3.63, 3.8) is 0 Å². The Labute approximate surface area is 155 Å². The largest absolute Gasteiger partial charge is 0.334 e. The van der Waals surface area contributed by atoms with Crippen LogP contribution in [-0.2, 0) is 0 Å². The molecule has 2 fully saturated rings. The number of rotatable bonds is 4. The minimum atomic E-state index is 0.113. The molecule has 0 aromatic carbocycles. The lowest BCUT2D eigenvalue weighted by Gasteiger charge is -2.38. The summed E-state index contributed by atoms with van der Waals surface area (Å²) in [6, 6.07) is 2.55. The molecule has 0 aliphatic carbocycles. The summed E-state index contributed by atoms with van der Waals surface area (Å²) in [5, 5.41) is 0. The summed E-state index contributed by atoms with van der Waals surface area (Å²) in [6.45, 7) is 8.45. The highest BCUT2D eigenvalue weighted by molar-refractivity contribution is 5.96. The maximum Gasteiger partial charge on any atom is 0.255 e. The molecule has 1 atom stereocenters. The summed E-state index contributed by atoms with van der Waals surface area (Å²) in [7, 11) is 0. The molecule has 1 amide bonds. The van der Waals surface area contributed by atoms with Crippen molar-refractivity contribution in [1.82, 2.24) is 24.3 Å². The molecule has 0 N–H and O–H groups in total. The summed E-state index contributed by atoms with van der Waals surface area (Å²) in [5.41, 5.74) is 2.32. The van der Waals surface area contributed by atoms with Gasteiger partial charge in [-0.2, -0.15) is 0 Å². The highest BCUT2D eigenvalue weighted by Gasteiger charge is 2.30. The molecule has 6 nitrogen and oxygen atoms in total. The molecular weight excluding hydrogens is 326 g/mol. The third-order valence-corrected chi connectivity index (χ3v) is 5.77. The van der Waals surface area contributed by atoms with Crippen LogP contribution in [-0.4, -0.2) is 62.5 Å². The van der Waals surface area contributed by atoms with Gasteiger partial charge in [-0.15, -0.1) is 0 Å². The monoisotopic (exact) mass is 355 g/mol. The van der Waals surface area contributed by atoms with E-state index in [-0.39, 0.29) is 5.91 Å². The fourth-order valence-corrected chi connectivity index (χ4v) is 4.30. The zero-order valence-corrected chi connectivity index (χ0v) is 15.9. The van der Waals surface area contributed by atoms with E-state index in [0.29, 0.717) is 17.6 Å². The number of piperidine rings is 1. The molecule has 0 bridgehead atoms. The Hall–Kier alpha value is -1.95. The van der Waals surface area contributed by atoms with Crippen molar-refractivity contribution in [2.45, 2.75) is 58.0 Å². The third-order valence-electron chi connectivity index (χ3n) is 5.77. The van der Waals surface area contributed by atoms with Gasteiger partial charge in [-0.1, -0.05) is 0 Å². The maximum atomic E-state index is 13.2. The van der Waals surface area contributed by atoms with Gasteiger partial charge in [0.15, 0.2) is 5.65 Å². The number of hydrogen-bond donors (Lipinski definition) is 0. The SMILES string of the molecule is CC(C)n1cnc2cc(C(=O)N3CCCCC3CN3CCCC3)cnc21. The first-order valence-electron chi connectivity index (χ1n) is 9.99. The first kappa shape index (κ1) is 17.5. The summed E-state index contributed by atoms with van der Waals surface area (Å²) in [4.78, 5) is 26.8. The van der Waals surface area contributed by atoms with Crippen molar-refractivity contribution >= 4 is 17.1 Å². The zero-order valence-electron chi connectivity index (χ0n) is 15.9. The number of aromatic nitrogens is 3. The fourth-order valence-electron chi connectivity index (χ4n) is 4.30. The molecule has 0 radical (unpaired) electrons. The van der Waals surface area contributed by atoms with E-state index < -0.39 is 0 Å². The Morgan fingerprint density at radius 2 is 1.92 bits per heavy atom. The van der Waals surface area contributed by atoms with Crippen LogP contribution >= 0.6 is 0 Å². The lowest BCUT2D eigenvalue weighted by molar-refractivity contribution is 0.0560. The summed E-state index contributed by atoms with van der Waals surface area (Å²) in [5.74, 6) is 0.113. The lowest BCUT2D eigenvalue weighted by atomic mass is 10.0. The summed E-state index contributed by atoms with van der Waals surface area (Å²) < 4.78 is 2.04. The van der Waals surface area contributed by atoms with E-state index in [4.69, 9.17) is 0 Å². The molecule has 1 unspecified atom stereocenters. The molecular formula is C20H29N5O. The third kappa shape index (κ3) is 3.34. The highest BCUT2D eigenvalue weighted by atomic mass is 16.2. The number of imidazole rings is 1. The molecule has 0 spiro atoms. The van der Waals surface area contributed by atoms with Gasteiger partial charge in [0, 0.05) is 31.4 Å². The molecule has 2 aromatic heterocycles. The predicted octanol–water partition coefficient (Wildman–Crippen LogP) is 3.10. The molecule has 26 heavy (non-hydrogen) atoms. The Kier molecular flexibility index (Phi) is 4.94. The number of hydrogen-bond acceptors (Lipinski definition) is 4. The molecule has 0 saturated carbocycles. The van der Waals surface area contributed by atoms with Gasteiger partial charge in [0.1, 0.15) is 5.52 Å². The average molecular weight is 355 g/mol. The summed E-state index contributed by atoms with van der Waals surface area (Å²) in [6.07, 6.45) is 9.55. The molecule has 2 saturated heterocycles. The van der Waals surface area contributed by atoms with E-state index in [0.717, 1.165) is 37.1 Å². The molecule has 2 aliphatic heterocycles. The van der Waals surface area contributed by atoms with Crippen molar-refractivity contribution in [3.8, 4) is 0 Å². The van der Waals surface area contributed by atoms with Crippen molar-refractivity contribution < 1.29 is 4.79 Å². The minimum absolute atomic E-state index is 0.113. The van der Waals surface area contributed by atoms with Crippen molar-refractivity contribution in [1.29, 1.82) is 0 Å². The predicted molar refractivity (Wildman–Crippen MR) is 102 cm³/mol. The number of amides is 1. The summed E-state index contributed by atoms with van der Waals surface area (Å²) >= 11 is 0. The van der Waals surface area contributed by atoms with E-state index in [2.05, 4.69) is 33.6 Å². The first-order valence-corrected chi connectivity index (χ1v) is 9.99. The van der Waals surface area contributed by atoms with Crippen molar-refractivity contribution in [2.24, 2.45) is 0 Å². The van der Waals surface area contributed by atoms with Crippen LogP contribution in [0.3, 0.4) is 0 Å². The number of nitrogens with zero attached hydrogens (tertiary/aromatic N) is 5. The molecule has 2 aromatic rings. The number of pyridine rings is 1. The van der Waals surface area contributed by atoms with Crippen LogP contribution in [0, 0.1) is 0 Å². The minimum Gasteiger partial charge on any atom is -0.334 e. The maximum absolute atomic E-state index is 13.2. The van der Waals surface area contributed by atoms with E-state index in [1.165, 1.54) is 32.4 Å². The van der Waals surface area contributed by atoms with E-state index in [1.54, 1.807) is 6.20 Å². The van der Waals surface area contributed by atoms with Gasteiger partial charge in [0.2, 0.25) is 0 Å². The number of carbonyl (C=O) groups excluding carboxylic acids is 1. The Morgan fingerprint density at radius 1 is 1.15 bits per heavy atom. The van der Waals surface area contributed by atoms with Gasteiger partial charge in [0.05, 0.1) is 11.9 Å². The number of carbonyl (C=O) groups is 1. The van der Waals surface area contributed by atoms with E-state index >= 15 is 0 Å². The second-order valence-corrected chi connectivity index (χ2v) is 7.97. The molecule has 2 aliphatic rings. The first-order chi connectivity index (χ1) is 12.6. The zero-order chi connectivity index (χ0) is 18.1. The van der Waals surface area contributed by atoms with Gasteiger partial charge in [-0.3, -0.25) is 4.79 Å². The van der Waals surface area contributed by atoms with Crippen LogP contribution in [0.5, 0.6) is 0 Å². The van der Waals surface area contributed by atoms with Crippen molar-refractivity contribution in [3.05, 3.63) is 24.2 Å². The van der Waals surface area contributed by atoms with Crippen molar-refractivity contribution in [2.75, 3.05) is 26.2 Å². The Bertz CT molecular complexity index is 778. The second kappa shape index (κ2) is 7.35. The average Bonchev–Trinajstić information content (AvgIpc) is 3.30. The molecule has 140 valence electrons. The van der Waals surface area contributed by atoms with Crippen LogP contribution in [0.25, 0.3) is 11.2 Å². The normalized spacial score (nSPS) is 21.8. The van der Waals surface area contributed by atoms with Crippen LogP contribution < -0.4 is 0 Å². The van der Waals surface area contributed by atoms with E-state index in [9.17, 15) is 4.79 Å². The van der Waals surface area contributed by atoms with Gasteiger partial charge < -0.3 is 14.4 Å². The van der Waals surface area contributed by atoms with Crippen LogP contribution in [0.2, 0.25) is 0 Å². The molecule has 4 rings (SSSR count). The number of fused-ring (bicyclic) bond motifs is 1. The smallest absolute Gasteiger partial charge is 0.255 e. The standard InChI is InChI=1S/C20H29N5O/c1-15(2)25-14-22-18-11-16(12-21-19(18)25)20(26)24-10-4-3-7-17(24)13-23-8-5-6-9-23/h11-12,14-15,17H,3-10,13H2,1-2H3. The van der Waals surface area contributed by atoms with Gasteiger partial charge in [-0.25, -0.2) is 9.97 Å². The molecule has 4 heterocycles. The van der Waals surface area contributed by atoms with Crippen LogP contribution in [0.4, 0.5) is 0 Å². The Balaban J connectivity index is 1.55. The van der Waals surface area contributed by atoms with Crippen LogP contribution in [0.1, 0.15) is 62.4 Å². The van der Waals surface area contributed by atoms with E-state index in [1.807, 2.05) is 17.0 Å². The number of likely N-dealkylation sites (tertiary alicyclic amines) is 2. The van der Waals surface area contributed by atoms with Gasteiger partial charge in [0.25, 0.3) is 5.91 Å². The van der Waals surface area contributed by atoms with Gasteiger partial charge >= 0.3 is 0 Å². The van der Waals surface area contributed by atoms with Gasteiger partial charge in [-0.05, 0) is 65.1 Å². The topological polar surface area (TPSA) is 54.3 Å².